The fraction of sp³-hybridized carbons (Fsp3) is 0.271. The lowest BCUT2D eigenvalue weighted by molar-refractivity contribution is -0.0336. The van der Waals surface area contributed by atoms with Gasteiger partial charge in [-0.3, -0.25) is 9.69 Å². The summed E-state index contributed by atoms with van der Waals surface area (Å²) in [5.41, 5.74) is 5.24. The summed E-state index contributed by atoms with van der Waals surface area (Å²) in [6, 6.07) is 37.8. The Morgan fingerprint density at radius 2 is 1.55 bits per heavy atom. The van der Waals surface area contributed by atoms with Crippen LogP contribution in [0.3, 0.4) is 0 Å². The summed E-state index contributed by atoms with van der Waals surface area (Å²) in [7, 11) is 0. The van der Waals surface area contributed by atoms with Crippen LogP contribution < -0.4 is 20.9 Å². The third kappa shape index (κ3) is 9.86. The molecule has 3 aliphatic rings. The van der Waals surface area contributed by atoms with E-state index in [1.54, 1.807) is 30.3 Å². The molecule has 0 spiro atoms. The van der Waals surface area contributed by atoms with Gasteiger partial charge in [0.15, 0.2) is 0 Å². The Balaban J connectivity index is 0.839. The van der Waals surface area contributed by atoms with Crippen molar-refractivity contribution >= 4 is 23.0 Å². The SMILES string of the molecule is O=C(NC(c1ccccc1)c1cccc(OCc2cccc(C(=O)OCc3cccc(CNC[C@@H](O)c4ccc(O)c5[nH]c(=O)ccc45)c3)c2)c1)O[C@H]1CN2CCC1CC2. The highest BCUT2D eigenvalue weighted by Crippen LogP contribution is 2.32. The molecule has 3 atom stereocenters. The zero-order valence-electron chi connectivity index (χ0n) is 33.1. The standard InChI is InChI=1S/C48H48N4O8/c53-41-17-15-39(40-16-18-44(55)50-46(40)41)42(54)27-49-26-31-7-4-8-32(23-31)30-59-47(56)37-13-5-9-33(24-37)29-58-38-14-6-12-36(25-38)45(35-10-2-1-3-11-35)51-48(57)60-43-28-52-21-19-34(43)20-22-52/h1-18,23-25,34,42-43,45,49,53-54H,19-22,26-30H2,(H,50,55)(H,51,57)/t42-,43+,45?/m1/s1. The minimum absolute atomic E-state index is 0.0637. The number of aliphatic hydroxyl groups excluding tert-OH is 1. The van der Waals surface area contributed by atoms with Crippen LogP contribution >= 0.6 is 0 Å². The number of nitrogens with one attached hydrogen (secondary N) is 3. The molecule has 9 rings (SSSR count). The second kappa shape index (κ2) is 18.6. The topological polar surface area (TPSA) is 162 Å². The first-order valence-electron chi connectivity index (χ1n) is 20.3. The number of aliphatic hydroxyl groups is 1. The number of rotatable bonds is 15. The van der Waals surface area contributed by atoms with E-state index in [1.807, 2.05) is 84.9 Å². The summed E-state index contributed by atoms with van der Waals surface area (Å²) < 4.78 is 17.9. The summed E-state index contributed by atoms with van der Waals surface area (Å²) in [4.78, 5) is 43.2. The van der Waals surface area contributed by atoms with Gasteiger partial charge in [-0.25, -0.2) is 9.59 Å². The van der Waals surface area contributed by atoms with E-state index >= 15 is 0 Å². The van der Waals surface area contributed by atoms with Crippen molar-refractivity contribution in [3.05, 3.63) is 177 Å². The van der Waals surface area contributed by atoms with Crippen molar-refractivity contribution in [1.29, 1.82) is 0 Å². The number of esters is 1. The van der Waals surface area contributed by atoms with Gasteiger partial charge in [-0.05, 0) is 102 Å². The third-order valence-electron chi connectivity index (χ3n) is 11.3. The van der Waals surface area contributed by atoms with Gasteiger partial charge < -0.3 is 40.0 Å². The maximum atomic E-state index is 13.3. The molecule has 1 aromatic heterocycles. The Bertz CT molecular complexity index is 2500. The van der Waals surface area contributed by atoms with Crippen LogP contribution in [0.4, 0.5) is 4.79 Å². The first-order chi connectivity index (χ1) is 29.3. The van der Waals surface area contributed by atoms with E-state index in [0.717, 1.165) is 60.3 Å². The maximum Gasteiger partial charge on any atom is 0.408 e. The van der Waals surface area contributed by atoms with Crippen LogP contribution in [0.2, 0.25) is 0 Å². The molecule has 0 radical (unpaired) electrons. The molecular weight excluding hydrogens is 761 g/mol. The Morgan fingerprint density at radius 3 is 2.35 bits per heavy atom. The fourth-order valence-electron chi connectivity index (χ4n) is 8.15. The minimum atomic E-state index is -0.888. The first-order valence-corrected chi connectivity index (χ1v) is 20.3. The minimum Gasteiger partial charge on any atom is -0.506 e. The molecule has 3 saturated heterocycles. The van der Waals surface area contributed by atoms with Crippen LogP contribution in [0.5, 0.6) is 11.5 Å². The number of nitrogens with zero attached hydrogens (tertiary/aromatic N) is 1. The number of alkyl carbamates (subject to hydrolysis) is 1. The van der Waals surface area contributed by atoms with Crippen LogP contribution in [0.25, 0.3) is 10.9 Å². The van der Waals surface area contributed by atoms with Gasteiger partial charge in [0, 0.05) is 31.1 Å². The molecule has 5 N–H and O–H groups in total. The number of carbonyl (C=O) groups is 2. The van der Waals surface area contributed by atoms with Crippen molar-refractivity contribution in [3.8, 4) is 11.5 Å². The highest BCUT2D eigenvalue weighted by molar-refractivity contribution is 5.89. The van der Waals surface area contributed by atoms with Crippen LogP contribution in [0, 0.1) is 5.92 Å². The molecule has 5 aromatic carbocycles. The highest BCUT2D eigenvalue weighted by atomic mass is 16.6. The molecule has 1 unspecified atom stereocenters. The monoisotopic (exact) mass is 808 g/mol. The van der Waals surface area contributed by atoms with Crippen LogP contribution in [-0.4, -0.2) is 64.4 Å². The molecule has 3 aliphatic heterocycles. The number of fused-ring (bicyclic) bond motifs is 4. The van der Waals surface area contributed by atoms with Crippen LogP contribution in [-0.2, 0) is 29.2 Å². The largest absolute Gasteiger partial charge is 0.506 e. The van der Waals surface area contributed by atoms with Gasteiger partial charge in [-0.2, -0.15) is 0 Å². The summed E-state index contributed by atoms with van der Waals surface area (Å²) in [5.74, 6) is 0.496. The molecule has 12 heteroatoms. The summed E-state index contributed by atoms with van der Waals surface area (Å²) >= 11 is 0. The molecule has 3 fully saturated rings. The molecule has 2 bridgehead atoms. The molecule has 12 nitrogen and oxygen atoms in total. The normalized spacial score (nSPS) is 18.1. The van der Waals surface area contributed by atoms with E-state index in [-0.39, 0.29) is 42.7 Å². The Morgan fingerprint density at radius 1 is 0.800 bits per heavy atom. The molecule has 60 heavy (non-hydrogen) atoms. The predicted molar refractivity (Wildman–Crippen MR) is 227 cm³/mol. The first kappa shape index (κ1) is 40.3. The van der Waals surface area contributed by atoms with Gasteiger partial charge in [0.1, 0.15) is 30.8 Å². The number of phenolic OH excluding ortho intramolecular Hbond substituents is 1. The summed E-state index contributed by atoms with van der Waals surface area (Å²) in [6.45, 7) is 3.89. The number of pyridine rings is 1. The zero-order chi connectivity index (χ0) is 41.4. The van der Waals surface area contributed by atoms with Crippen molar-refractivity contribution in [2.75, 3.05) is 26.2 Å². The average molecular weight is 809 g/mol. The van der Waals surface area contributed by atoms with Gasteiger partial charge in [0.2, 0.25) is 5.56 Å². The molecular formula is C48H48N4O8. The number of benzene rings is 5. The van der Waals surface area contributed by atoms with Crippen LogP contribution in [0.15, 0.2) is 132 Å². The van der Waals surface area contributed by atoms with Gasteiger partial charge in [-0.15, -0.1) is 0 Å². The number of aromatic nitrogens is 1. The Labute approximate surface area is 347 Å². The molecule has 1 amide bonds. The number of aromatic amines is 1. The second-order valence-corrected chi connectivity index (χ2v) is 15.5. The smallest absolute Gasteiger partial charge is 0.408 e. The zero-order valence-corrected chi connectivity index (χ0v) is 33.1. The number of aromatic hydroxyl groups is 1. The number of H-pyrrole nitrogens is 1. The summed E-state index contributed by atoms with van der Waals surface area (Å²) in [6.07, 6.45) is 0.693. The van der Waals surface area contributed by atoms with E-state index < -0.39 is 24.2 Å². The molecule has 4 heterocycles. The van der Waals surface area contributed by atoms with Gasteiger partial charge in [0.05, 0.1) is 23.2 Å². The quantitative estimate of drug-likeness (QED) is 0.0690. The van der Waals surface area contributed by atoms with Crippen molar-refractivity contribution < 1.29 is 34.0 Å². The van der Waals surface area contributed by atoms with Crippen LogP contribution in [0.1, 0.15) is 68.7 Å². The highest BCUT2D eigenvalue weighted by Gasteiger charge is 2.37. The number of phenols is 1. The maximum absolute atomic E-state index is 13.3. The Kier molecular flexibility index (Phi) is 12.5. The number of hydrogen-bond donors (Lipinski definition) is 5. The van der Waals surface area contributed by atoms with Crippen molar-refractivity contribution in [2.45, 2.75) is 50.8 Å². The fourth-order valence-corrected chi connectivity index (χ4v) is 8.15. The predicted octanol–water partition coefficient (Wildman–Crippen LogP) is 6.90. The van der Waals surface area contributed by atoms with Crippen molar-refractivity contribution in [3.63, 3.8) is 0 Å². The third-order valence-corrected chi connectivity index (χ3v) is 11.3. The van der Waals surface area contributed by atoms with Gasteiger partial charge in [-0.1, -0.05) is 84.9 Å². The lowest BCUT2D eigenvalue weighted by Gasteiger charge is -2.43. The van der Waals surface area contributed by atoms with Gasteiger partial charge >= 0.3 is 12.1 Å². The van der Waals surface area contributed by atoms with E-state index in [9.17, 15) is 24.6 Å². The molecule has 0 aliphatic carbocycles. The van der Waals surface area contributed by atoms with E-state index in [0.29, 0.717) is 34.7 Å². The van der Waals surface area contributed by atoms with E-state index in [4.69, 9.17) is 14.2 Å². The number of amides is 1. The molecule has 308 valence electrons. The molecule has 6 aromatic rings. The van der Waals surface area contributed by atoms with Crippen molar-refractivity contribution in [2.24, 2.45) is 5.92 Å². The lowest BCUT2D eigenvalue weighted by atomic mass is 9.86. The lowest BCUT2D eigenvalue weighted by Crippen LogP contribution is -2.52. The Hall–Kier alpha value is -6.47. The summed E-state index contributed by atoms with van der Waals surface area (Å²) in [5, 5.41) is 28.0. The second-order valence-electron chi connectivity index (χ2n) is 15.5. The number of piperidine rings is 3. The molecule has 0 saturated carbocycles. The number of hydrogen-bond acceptors (Lipinski definition) is 10. The number of carbonyl (C=O) groups excluding carboxylic acids is 2. The average Bonchev–Trinajstić information content (AvgIpc) is 3.28. The van der Waals surface area contributed by atoms with Gasteiger partial charge in [0.25, 0.3) is 0 Å². The number of ether oxygens (including phenoxy) is 3. The van der Waals surface area contributed by atoms with Crippen molar-refractivity contribution in [1.82, 2.24) is 20.5 Å². The van der Waals surface area contributed by atoms with E-state index in [1.165, 1.54) is 12.1 Å². The van der Waals surface area contributed by atoms with E-state index in [2.05, 4.69) is 20.5 Å².